The Labute approximate surface area is 258 Å². The number of fused-ring (bicyclic) bond motifs is 3. The van der Waals surface area contributed by atoms with Crippen molar-refractivity contribution in [2.24, 2.45) is 11.8 Å². The van der Waals surface area contributed by atoms with Gasteiger partial charge in [-0.3, -0.25) is 0 Å². The zero-order valence-corrected chi connectivity index (χ0v) is 26.1. The van der Waals surface area contributed by atoms with Crippen molar-refractivity contribution in [3.05, 3.63) is 148 Å². The van der Waals surface area contributed by atoms with Crippen LogP contribution in [0.3, 0.4) is 0 Å². The van der Waals surface area contributed by atoms with Crippen LogP contribution in [0.4, 0.5) is 5.69 Å². The molecule has 8 rings (SSSR count). The molecule has 0 spiro atoms. The molecule has 1 aliphatic heterocycles. The molecule has 5 unspecified atom stereocenters. The monoisotopic (exact) mass is 564 g/mol. The first-order valence-electron chi connectivity index (χ1n) is 16.5. The van der Waals surface area contributed by atoms with Gasteiger partial charge in [-0.2, -0.15) is 0 Å². The maximum Gasteiger partial charge on any atom is 0.0561 e. The molecule has 1 saturated carbocycles. The lowest BCUT2D eigenvalue weighted by Gasteiger charge is -2.44. The molecular weight excluding hydrogens is 520 g/mol. The van der Waals surface area contributed by atoms with Crippen molar-refractivity contribution in [2.45, 2.75) is 83.2 Å². The Morgan fingerprint density at radius 3 is 2.44 bits per heavy atom. The molecule has 43 heavy (non-hydrogen) atoms. The molecule has 0 radical (unpaired) electrons. The minimum Gasteiger partial charge on any atom is -0.341 e. The maximum absolute atomic E-state index is 2.74. The van der Waals surface area contributed by atoms with Crippen LogP contribution in [0.1, 0.15) is 76.8 Å². The van der Waals surface area contributed by atoms with E-state index in [2.05, 4.69) is 141 Å². The number of rotatable bonds is 5. The van der Waals surface area contributed by atoms with Crippen molar-refractivity contribution < 1.29 is 0 Å². The van der Waals surface area contributed by atoms with E-state index in [0.717, 1.165) is 31.6 Å². The minimum absolute atomic E-state index is 0.0890. The summed E-state index contributed by atoms with van der Waals surface area (Å²) in [4.78, 5) is 5.31. The van der Waals surface area contributed by atoms with Crippen molar-refractivity contribution in [1.29, 1.82) is 0 Å². The summed E-state index contributed by atoms with van der Waals surface area (Å²) in [5, 5.41) is 0. The summed E-state index contributed by atoms with van der Waals surface area (Å²) in [6, 6.07) is 20.8. The molecule has 2 aromatic carbocycles. The number of nitrogens with zero attached hydrogens (tertiary/aromatic N) is 2. The molecule has 2 aromatic rings. The fraction of sp³-hybridized carbons (Fsp3) is 0.366. The Morgan fingerprint density at radius 2 is 1.67 bits per heavy atom. The van der Waals surface area contributed by atoms with Crippen LogP contribution in [0.15, 0.2) is 137 Å². The molecule has 5 aliphatic carbocycles. The van der Waals surface area contributed by atoms with Gasteiger partial charge in [0.25, 0.3) is 0 Å². The van der Waals surface area contributed by atoms with Gasteiger partial charge in [-0.15, -0.1) is 0 Å². The lowest BCUT2D eigenvalue weighted by Crippen LogP contribution is -2.40. The second-order valence-corrected chi connectivity index (χ2v) is 14.1. The fourth-order valence-electron chi connectivity index (χ4n) is 8.79. The van der Waals surface area contributed by atoms with Crippen molar-refractivity contribution >= 4 is 5.69 Å². The number of benzene rings is 2. The van der Waals surface area contributed by atoms with Crippen LogP contribution < -0.4 is 4.90 Å². The number of hydrogen-bond acceptors (Lipinski definition) is 2. The van der Waals surface area contributed by atoms with Crippen molar-refractivity contribution in [2.75, 3.05) is 4.90 Å². The fourth-order valence-corrected chi connectivity index (χ4v) is 8.79. The normalized spacial score (nSPS) is 30.0. The van der Waals surface area contributed by atoms with E-state index < -0.39 is 0 Å². The molecule has 2 heteroatoms. The molecule has 0 saturated heterocycles. The first-order valence-corrected chi connectivity index (χ1v) is 16.5. The van der Waals surface area contributed by atoms with Crippen molar-refractivity contribution in [3.63, 3.8) is 0 Å². The molecule has 0 N–H and O–H groups in total. The van der Waals surface area contributed by atoms with E-state index in [1.54, 1.807) is 16.7 Å². The molecule has 1 fully saturated rings. The summed E-state index contributed by atoms with van der Waals surface area (Å²) < 4.78 is 0. The van der Waals surface area contributed by atoms with Crippen molar-refractivity contribution in [1.82, 2.24) is 4.90 Å². The van der Waals surface area contributed by atoms with Crippen LogP contribution >= 0.6 is 0 Å². The molecular formula is C41H44N2. The van der Waals surface area contributed by atoms with E-state index in [1.807, 2.05) is 0 Å². The van der Waals surface area contributed by atoms with Gasteiger partial charge < -0.3 is 9.80 Å². The number of hydrogen-bond donors (Lipinski definition) is 0. The first kappa shape index (κ1) is 26.8. The SMILES string of the molecule is CC1CC1C1=CC(C)N(c2ccccc2)C2=C1CC(N(C1=CC=CCC1)C1=CC=C3C(C1)c1ccccc1C3(C)C)C=C2. The first-order chi connectivity index (χ1) is 20.9. The van der Waals surface area contributed by atoms with E-state index in [0.29, 0.717) is 23.9 Å². The predicted molar refractivity (Wildman–Crippen MR) is 180 cm³/mol. The predicted octanol–water partition coefficient (Wildman–Crippen LogP) is 9.88. The van der Waals surface area contributed by atoms with Crippen LogP contribution in [0, 0.1) is 11.8 Å². The van der Waals surface area contributed by atoms with E-state index >= 15 is 0 Å². The van der Waals surface area contributed by atoms with E-state index in [-0.39, 0.29) is 5.41 Å². The third kappa shape index (κ3) is 4.36. The largest absolute Gasteiger partial charge is 0.341 e. The van der Waals surface area contributed by atoms with E-state index in [4.69, 9.17) is 0 Å². The van der Waals surface area contributed by atoms with Gasteiger partial charge in [0.2, 0.25) is 0 Å². The zero-order chi connectivity index (χ0) is 29.3. The number of para-hydroxylation sites is 1. The highest BCUT2D eigenvalue weighted by atomic mass is 15.2. The molecule has 6 aliphatic rings. The van der Waals surface area contributed by atoms with Gasteiger partial charge in [-0.05, 0) is 103 Å². The van der Waals surface area contributed by atoms with Crippen LogP contribution in [0.2, 0.25) is 0 Å². The van der Waals surface area contributed by atoms with Gasteiger partial charge in [-0.25, -0.2) is 0 Å². The van der Waals surface area contributed by atoms with Gasteiger partial charge in [0.1, 0.15) is 0 Å². The lowest BCUT2D eigenvalue weighted by atomic mass is 9.78. The molecule has 0 bridgehead atoms. The third-order valence-electron chi connectivity index (χ3n) is 11.1. The highest BCUT2D eigenvalue weighted by Crippen LogP contribution is 2.55. The van der Waals surface area contributed by atoms with Crippen LogP contribution in [-0.2, 0) is 5.41 Å². The second kappa shape index (κ2) is 10.2. The van der Waals surface area contributed by atoms with E-state index in [1.165, 1.54) is 40.3 Å². The van der Waals surface area contributed by atoms with Gasteiger partial charge in [0.05, 0.1) is 6.04 Å². The number of allylic oxidation sites excluding steroid dienone is 10. The standard InChI is InChI=1S/C41H44N2/c1-27-23-34(27)35-24-28(2)42(29-13-7-5-8-14-29)40-22-20-32(26-37(35)40)43(30-15-9-6-10-16-30)31-19-21-39-36(25-31)33-17-11-12-18-38(33)41(39,3)4/h5-9,11-15,17-22,24,27-28,32,34,36H,10,16,23,25-26H2,1-4H3. The smallest absolute Gasteiger partial charge is 0.0561 e. The van der Waals surface area contributed by atoms with Gasteiger partial charge in [-0.1, -0.05) is 99.2 Å². The highest BCUT2D eigenvalue weighted by molar-refractivity contribution is 5.65. The topological polar surface area (TPSA) is 6.48 Å². The molecule has 5 atom stereocenters. The summed E-state index contributed by atoms with van der Waals surface area (Å²) in [7, 11) is 0. The van der Waals surface area contributed by atoms with Crippen LogP contribution in [-0.4, -0.2) is 17.0 Å². The maximum atomic E-state index is 2.74. The molecule has 1 heterocycles. The van der Waals surface area contributed by atoms with E-state index in [9.17, 15) is 0 Å². The van der Waals surface area contributed by atoms with Crippen LogP contribution in [0.5, 0.6) is 0 Å². The Bertz CT molecular complexity index is 1670. The molecule has 0 aromatic heterocycles. The lowest BCUT2D eigenvalue weighted by molar-refractivity contribution is 0.326. The average Bonchev–Trinajstić information content (AvgIpc) is 3.72. The van der Waals surface area contributed by atoms with Gasteiger partial charge in [0.15, 0.2) is 0 Å². The molecule has 218 valence electrons. The third-order valence-corrected chi connectivity index (χ3v) is 11.1. The minimum atomic E-state index is 0.0890. The average molecular weight is 565 g/mol. The zero-order valence-electron chi connectivity index (χ0n) is 26.1. The molecule has 0 amide bonds. The quantitative estimate of drug-likeness (QED) is 0.357. The Morgan fingerprint density at radius 1 is 0.884 bits per heavy atom. The summed E-state index contributed by atoms with van der Waals surface area (Å²) in [5.41, 5.74) is 13.5. The summed E-state index contributed by atoms with van der Waals surface area (Å²) in [6.07, 6.45) is 25.2. The molecule has 2 nitrogen and oxygen atoms in total. The Hall–Kier alpha value is -3.78. The summed E-state index contributed by atoms with van der Waals surface area (Å²) in [6.45, 7) is 9.62. The Balaban J connectivity index is 1.19. The summed E-state index contributed by atoms with van der Waals surface area (Å²) in [5.74, 6) is 1.96. The van der Waals surface area contributed by atoms with Crippen LogP contribution in [0.25, 0.3) is 0 Å². The van der Waals surface area contributed by atoms with Crippen molar-refractivity contribution in [3.8, 4) is 0 Å². The highest BCUT2D eigenvalue weighted by Gasteiger charge is 2.45. The Kier molecular flexibility index (Phi) is 6.33. The second-order valence-electron chi connectivity index (χ2n) is 14.1. The van der Waals surface area contributed by atoms with Gasteiger partial charge in [0, 0.05) is 40.2 Å². The van der Waals surface area contributed by atoms with Gasteiger partial charge >= 0.3 is 0 Å². The number of anilines is 1. The summed E-state index contributed by atoms with van der Waals surface area (Å²) >= 11 is 0.